The summed E-state index contributed by atoms with van der Waals surface area (Å²) in [7, 11) is 0. The summed E-state index contributed by atoms with van der Waals surface area (Å²) in [5.74, 6) is 0.463. The van der Waals surface area contributed by atoms with Crippen molar-refractivity contribution in [1.82, 2.24) is 9.80 Å². The maximum absolute atomic E-state index is 12.4. The number of benzene rings is 1. The normalized spacial score (nSPS) is 23.4. The molecule has 2 aliphatic heterocycles. The molecule has 154 valence electrons. The van der Waals surface area contributed by atoms with Crippen molar-refractivity contribution in [2.75, 3.05) is 39.3 Å². The zero-order chi connectivity index (χ0) is 20.0. The topological polar surface area (TPSA) is 60.9 Å². The van der Waals surface area contributed by atoms with Crippen LogP contribution >= 0.6 is 0 Å². The van der Waals surface area contributed by atoms with Gasteiger partial charge in [-0.1, -0.05) is 29.8 Å². The fraction of sp³-hybridized carbons (Fsp3) is 0.652. The zero-order valence-corrected chi connectivity index (χ0v) is 17.2. The first kappa shape index (κ1) is 21.0. The van der Waals surface area contributed by atoms with E-state index >= 15 is 0 Å². The van der Waals surface area contributed by atoms with Crippen molar-refractivity contribution in [1.29, 1.82) is 0 Å². The molecule has 5 heteroatoms. The van der Waals surface area contributed by atoms with Crippen LogP contribution in [0.2, 0.25) is 0 Å². The summed E-state index contributed by atoms with van der Waals surface area (Å²) in [5.41, 5.74) is 2.18. The predicted molar refractivity (Wildman–Crippen MR) is 110 cm³/mol. The summed E-state index contributed by atoms with van der Waals surface area (Å²) in [6, 6.07) is 7.84. The van der Waals surface area contributed by atoms with Gasteiger partial charge in [-0.25, -0.2) is 0 Å². The van der Waals surface area contributed by atoms with Gasteiger partial charge in [0.15, 0.2) is 5.78 Å². The van der Waals surface area contributed by atoms with Crippen molar-refractivity contribution in [3.05, 3.63) is 35.4 Å². The van der Waals surface area contributed by atoms with Crippen LogP contribution in [0, 0.1) is 12.3 Å². The van der Waals surface area contributed by atoms with E-state index in [1.54, 1.807) is 0 Å². The Labute approximate surface area is 168 Å². The summed E-state index contributed by atoms with van der Waals surface area (Å²) < 4.78 is 0. The molecule has 3 rings (SSSR count). The summed E-state index contributed by atoms with van der Waals surface area (Å²) in [4.78, 5) is 29.0. The average Bonchev–Trinajstić information content (AvgIpc) is 2.69. The number of carbonyl (C=O) groups excluding carboxylic acids is 2. The van der Waals surface area contributed by atoms with E-state index in [-0.39, 0.29) is 23.7 Å². The molecule has 0 aliphatic carbocycles. The lowest BCUT2D eigenvalue weighted by atomic mass is 9.73. The number of Topliss-reactive ketones (excluding diaryl/α,β-unsaturated/α-hetero) is 1. The minimum absolute atomic E-state index is 0.137. The van der Waals surface area contributed by atoms with Crippen LogP contribution in [-0.4, -0.2) is 65.9 Å². The number of aliphatic hydroxyl groups excluding tert-OH is 1. The Morgan fingerprint density at radius 2 is 1.89 bits per heavy atom. The number of nitrogens with zero attached hydrogens (tertiary/aromatic N) is 2. The van der Waals surface area contributed by atoms with Gasteiger partial charge in [0.2, 0.25) is 5.91 Å². The quantitative estimate of drug-likeness (QED) is 0.698. The number of aliphatic hydroxyl groups is 1. The van der Waals surface area contributed by atoms with Gasteiger partial charge in [0.05, 0.1) is 0 Å². The number of piperidine rings is 2. The summed E-state index contributed by atoms with van der Waals surface area (Å²) >= 11 is 0. The molecule has 2 fully saturated rings. The second-order valence-electron chi connectivity index (χ2n) is 8.66. The van der Waals surface area contributed by atoms with Crippen LogP contribution in [0.1, 0.15) is 60.9 Å². The van der Waals surface area contributed by atoms with Crippen LogP contribution in [-0.2, 0) is 4.79 Å². The fourth-order valence-corrected chi connectivity index (χ4v) is 4.75. The van der Waals surface area contributed by atoms with Crippen LogP contribution in [0.15, 0.2) is 24.3 Å². The number of amides is 1. The highest BCUT2D eigenvalue weighted by atomic mass is 16.3. The molecule has 0 aromatic heterocycles. The van der Waals surface area contributed by atoms with Gasteiger partial charge in [-0.15, -0.1) is 0 Å². The smallest absolute Gasteiger partial charge is 0.222 e. The Balaban J connectivity index is 1.48. The largest absolute Gasteiger partial charge is 0.396 e. The molecule has 2 heterocycles. The van der Waals surface area contributed by atoms with E-state index in [2.05, 4.69) is 4.90 Å². The van der Waals surface area contributed by atoms with E-state index in [9.17, 15) is 9.59 Å². The van der Waals surface area contributed by atoms with E-state index in [4.69, 9.17) is 5.11 Å². The highest BCUT2D eigenvalue weighted by Crippen LogP contribution is 2.39. The molecule has 1 atom stereocenters. The fourth-order valence-electron chi connectivity index (χ4n) is 4.75. The van der Waals surface area contributed by atoms with E-state index in [1.165, 1.54) is 12.0 Å². The Morgan fingerprint density at radius 1 is 1.11 bits per heavy atom. The van der Waals surface area contributed by atoms with Gasteiger partial charge in [0.25, 0.3) is 0 Å². The van der Waals surface area contributed by atoms with Gasteiger partial charge >= 0.3 is 0 Å². The van der Waals surface area contributed by atoms with Gasteiger partial charge in [0.1, 0.15) is 0 Å². The summed E-state index contributed by atoms with van der Waals surface area (Å²) in [6.45, 7) is 6.72. The van der Waals surface area contributed by atoms with Crippen LogP contribution in [0.3, 0.4) is 0 Å². The van der Waals surface area contributed by atoms with E-state index in [1.807, 2.05) is 36.1 Å². The van der Waals surface area contributed by atoms with Gasteiger partial charge in [-0.2, -0.15) is 0 Å². The molecule has 1 N–H and O–H groups in total. The molecular formula is C23H34N2O3. The Morgan fingerprint density at radius 3 is 2.64 bits per heavy atom. The second kappa shape index (κ2) is 9.66. The molecule has 1 aromatic carbocycles. The number of ketones is 1. The average molecular weight is 387 g/mol. The van der Waals surface area contributed by atoms with Crippen molar-refractivity contribution >= 4 is 11.7 Å². The van der Waals surface area contributed by atoms with Crippen LogP contribution < -0.4 is 0 Å². The third-order valence-corrected chi connectivity index (χ3v) is 6.33. The molecule has 0 radical (unpaired) electrons. The lowest BCUT2D eigenvalue weighted by Crippen LogP contribution is -2.54. The van der Waals surface area contributed by atoms with E-state index < -0.39 is 0 Å². The minimum atomic E-state index is 0.137. The SMILES string of the molecule is Cc1ccc(C(=O)CCCN2CCCC3(CCC(=O)N(CCCO)C3)C2)cc1. The van der Waals surface area contributed by atoms with Crippen molar-refractivity contribution in [2.45, 2.75) is 51.9 Å². The third kappa shape index (κ3) is 5.42. The number of hydrogen-bond donors (Lipinski definition) is 1. The first-order valence-corrected chi connectivity index (χ1v) is 10.7. The number of likely N-dealkylation sites (tertiary alicyclic amines) is 2. The maximum atomic E-state index is 12.4. The van der Waals surface area contributed by atoms with Crippen LogP contribution in [0.25, 0.3) is 0 Å². The molecule has 0 saturated carbocycles. The summed E-state index contributed by atoms with van der Waals surface area (Å²) in [5, 5.41) is 9.09. The van der Waals surface area contributed by atoms with E-state index in [0.717, 1.165) is 51.0 Å². The molecular weight excluding hydrogens is 352 g/mol. The van der Waals surface area contributed by atoms with Gasteiger partial charge in [-0.3, -0.25) is 9.59 Å². The van der Waals surface area contributed by atoms with Gasteiger partial charge in [0, 0.05) is 50.1 Å². The molecule has 28 heavy (non-hydrogen) atoms. The maximum Gasteiger partial charge on any atom is 0.222 e. The second-order valence-corrected chi connectivity index (χ2v) is 8.66. The number of rotatable bonds is 8. The first-order chi connectivity index (χ1) is 13.5. The van der Waals surface area contributed by atoms with Crippen LogP contribution in [0.5, 0.6) is 0 Å². The number of carbonyl (C=O) groups is 2. The lowest BCUT2D eigenvalue weighted by molar-refractivity contribution is -0.139. The molecule has 1 spiro atoms. The standard InChI is InChI=1S/C23H34N2O3/c1-19-6-8-20(9-7-19)21(27)5-2-13-24-14-3-11-23(17-24)12-10-22(28)25(18-23)15-4-16-26/h6-9,26H,2-5,10-18H2,1H3. The molecule has 5 nitrogen and oxygen atoms in total. The van der Waals surface area contributed by atoms with Gasteiger partial charge < -0.3 is 14.9 Å². The Hall–Kier alpha value is -1.72. The van der Waals surface area contributed by atoms with Crippen molar-refractivity contribution in [3.8, 4) is 0 Å². The zero-order valence-electron chi connectivity index (χ0n) is 17.2. The van der Waals surface area contributed by atoms with E-state index in [0.29, 0.717) is 25.8 Å². The molecule has 0 bridgehead atoms. The Kier molecular flexibility index (Phi) is 7.24. The third-order valence-electron chi connectivity index (χ3n) is 6.33. The molecule has 2 saturated heterocycles. The van der Waals surface area contributed by atoms with Crippen molar-refractivity contribution in [3.63, 3.8) is 0 Å². The highest BCUT2D eigenvalue weighted by Gasteiger charge is 2.41. The van der Waals surface area contributed by atoms with Gasteiger partial charge in [-0.05, 0) is 52.1 Å². The molecule has 1 aromatic rings. The molecule has 1 unspecified atom stereocenters. The number of aryl methyl sites for hydroxylation is 1. The number of hydrogen-bond acceptors (Lipinski definition) is 4. The Bertz CT molecular complexity index is 673. The van der Waals surface area contributed by atoms with Crippen LogP contribution in [0.4, 0.5) is 0 Å². The van der Waals surface area contributed by atoms with Crippen molar-refractivity contribution < 1.29 is 14.7 Å². The van der Waals surface area contributed by atoms with Crippen molar-refractivity contribution in [2.24, 2.45) is 5.41 Å². The highest BCUT2D eigenvalue weighted by molar-refractivity contribution is 5.96. The monoisotopic (exact) mass is 386 g/mol. The lowest BCUT2D eigenvalue weighted by Gasteiger charge is -2.48. The molecule has 1 amide bonds. The first-order valence-electron chi connectivity index (χ1n) is 10.7. The molecule has 2 aliphatic rings. The predicted octanol–water partition coefficient (Wildman–Crippen LogP) is 3.04. The summed E-state index contributed by atoms with van der Waals surface area (Å²) in [6.07, 6.45) is 6.07. The minimum Gasteiger partial charge on any atom is -0.396 e.